The summed E-state index contributed by atoms with van der Waals surface area (Å²) in [7, 11) is 4.14. The topological polar surface area (TPSA) is 59.2 Å². The number of hydrogen-bond acceptors (Lipinski definition) is 4. The third-order valence-electron chi connectivity index (χ3n) is 5.84. The molecule has 0 saturated carbocycles. The molecule has 4 aromatic rings. The normalized spacial score (nSPS) is 15.9. The summed E-state index contributed by atoms with van der Waals surface area (Å²) >= 11 is 0. The minimum atomic E-state index is 0.0352. The summed E-state index contributed by atoms with van der Waals surface area (Å²) in [6.45, 7) is 3.39. The Morgan fingerprint density at radius 1 is 0.931 bits per heavy atom. The first-order chi connectivity index (χ1) is 14.1. The second kappa shape index (κ2) is 7.00. The van der Waals surface area contributed by atoms with Gasteiger partial charge in [0, 0.05) is 44.5 Å². The summed E-state index contributed by atoms with van der Waals surface area (Å²) in [5, 5.41) is 1.09. The van der Waals surface area contributed by atoms with Crippen molar-refractivity contribution in [2.45, 2.75) is 6.42 Å². The number of amides is 1. The van der Waals surface area contributed by atoms with Crippen molar-refractivity contribution in [2.75, 3.05) is 33.2 Å². The van der Waals surface area contributed by atoms with Crippen LogP contribution < -0.4 is 0 Å². The lowest BCUT2D eigenvalue weighted by atomic mass is 10.2. The first-order valence-electron chi connectivity index (χ1n) is 9.99. The van der Waals surface area contributed by atoms with Gasteiger partial charge in [0.15, 0.2) is 0 Å². The molecule has 1 aliphatic heterocycles. The molecular formula is C22H24N6O. The summed E-state index contributed by atoms with van der Waals surface area (Å²) in [6, 6.07) is 12.0. The van der Waals surface area contributed by atoms with Gasteiger partial charge in [-0.05, 0) is 38.2 Å². The fraction of sp³-hybridized carbons (Fsp3) is 0.318. The maximum atomic E-state index is 13.6. The monoisotopic (exact) mass is 388 g/mol. The van der Waals surface area contributed by atoms with Crippen LogP contribution in [0.2, 0.25) is 0 Å². The Morgan fingerprint density at radius 3 is 2.55 bits per heavy atom. The molecule has 1 saturated heterocycles. The molecule has 0 spiro atoms. The molecule has 0 atom stereocenters. The zero-order chi connectivity index (χ0) is 20.0. The van der Waals surface area contributed by atoms with Crippen molar-refractivity contribution in [1.82, 2.24) is 28.9 Å². The lowest BCUT2D eigenvalue weighted by Crippen LogP contribution is -2.35. The minimum absolute atomic E-state index is 0.0352. The van der Waals surface area contributed by atoms with Crippen LogP contribution in [0.25, 0.3) is 27.9 Å². The van der Waals surface area contributed by atoms with E-state index in [2.05, 4.69) is 38.6 Å². The van der Waals surface area contributed by atoms with Crippen LogP contribution in [-0.2, 0) is 7.05 Å². The maximum Gasteiger partial charge on any atom is 0.271 e. The Morgan fingerprint density at radius 2 is 1.72 bits per heavy atom. The van der Waals surface area contributed by atoms with Crippen LogP contribution in [0.15, 0.2) is 48.8 Å². The number of carbonyl (C=O) groups excluding carboxylic acids is 1. The van der Waals surface area contributed by atoms with E-state index < -0.39 is 0 Å². The molecule has 0 unspecified atom stereocenters. The Hall–Kier alpha value is -3.19. The van der Waals surface area contributed by atoms with Crippen LogP contribution >= 0.6 is 0 Å². The molecule has 0 aliphatic carbocycles. The molecule has 1 fully saturated rings. The average Bonchev–Trinajstić information content (AvgIpc) is 3.17. The Balaban J connectivity index is 1.73. The fourth-order valence-corrected chi connectivity index (χ4v) is 4.29. The largest absolute Gasteiger partial charge is 0.342 e. The number of rotatable bonds is 2. The number of nitrogens with zero attached hydrogens (tertiary/aromatic N) is 6. The van der Waals surface area contributed by atoms with E-state index in [9.17, 15) is 4.79 Å². The molecule has 3 aromatic heterocycles. The molecule has 5 rings (SSSR count). The summed E-state index contributed by atoms with van der Waals surface area (Å²) in [4.78, 5) is 26.8. The molecule has 0 radical (unpaired) electrons. The highest BCUT2D eigenvalue weighted by Gasteiger charge is 2.27. The molecule has 148 valence electrons. The van der Waals surface area contributed by atoms with Gasteiger partial charge in [-0.3, -0.25) is 9.36 Å². The van der Waals surface area contributed by atoms with Crippen LogP contribution in [0.1, 0.15) is 16.9 Å². The first kappa shape index (κ1) is 17.9. The SMILES string of the molecule is CN1CCCN(C(=O)c2cc3c(c4ccccc4n3C)n2-c2ncccn2)CC1. The van der Waals surface area contributed by atoms with Gasteiger partial charge in [-0.25, -0.2) is 9.97 Å². The maximum absolute atomic E-state index is 13.6. The zero-order valence-electron chi connectivity index (χ0n) is 16.7. The van der Waals surface area contributed by atoms with Gasteiger partial charge in [-0.2, -0.15) is 0 Å². The Bertz CT molecular complexity index is 1190. The van der Waals surface area contributed by atoms with Crippen molar-refractivity contribution in [3.63, 3.8) is 0 Å². The van der Waals surface area contributed by atoms with E-state index in [1.807, 2.05) is 34.7 Å². The second-order valence-electron chi connectivity index (χ2n) is 7.67. The molecule has 7 nitrogen and oxygen atoms in total. The van der Waals surface area contributed by atoms with Crippen molar-refractivity contribution in [3.8, 4) is 5.95 Å². The predicted molar refractivity (Wildman–Crippen MR) is 113 cm³/mol. The number of likely N-dealkylation sites (N-methyl/N-ethyl adjacent to an activating group) is 1. The van der Waals surface area contributed by atoms with Gasteiger partial charge in [0.2, 0.25) is 5.95 Å². The van der Waals surface area contributed by atoms with Crippen LogP contribution in [0, 0.1) is 0 Å². The number of fused-ring (bicyclic) bond motifs is 3. The van der Waals surface area contributed by atoms with Gasteiger partial charge in [-0.15, -0.1) is 0 Å². The molecule has 0 bridgehead atoms. The highest BCUT2D eigenvalue weighted by molar-refractivity contribution is 6.10. The van der Waals surface area contributed by atoms with E-state index >= 15 is 0 Å². The Kier molecular flexibility index (Phi) is 4.32. The number of aryl methyl sites for hydroxylation is 1. The van der Waals surface area contributed by atoms with E-state index in [-0.39, 0.29) is 5.91 Å². The molecule has 7 heteroatoms. The predicted octanol–water partition coefficient (Wildman–Crippen LogP) is 2.69. The first-order valence-corrected chi connectivity index (χ1v) is 9.99. The third kappa shape index (κ3) is 2.89. The van der Waals surface area contributed by atoms with Gasteiger partial charge in [0.05, 0.1) is 16.6 Å². The molecule has 0 N–H and O–H groups in total. The van der Waals surface area contributed by atoms with Crippen LogP contribution in [-0.4, -0.2) is 68.0 Å². The number of benzene rings is 1. The fourth-order valence-electron chi connectivity index (χ4n) is 4.29. The van der Waals surface area contributed by atoms with Crippen molar-refractivity contribution < 1.29 is 4.79 Å². The van der Waals surface area contributed by atoms with Crippen LogP contribution in [0.4, 0.5) is 0 Å². The number of hydrogen-bond donors (Lipinski definition) is 0. The highest BCUT2D eigenvalue weighted by atomic mass is 16.2. The van der Waals surface area contributed by atoms with Crippen LogP contribution in [0.3, 0.4) is 0 Å². The van der Waals surface area contributed by atoms with Crippen LogP contribution in [0.5, 0.6) is 0 Å². The van der Waals surface area contributed by atoms with Gasteiger partial charge >= 0.3 is 0 Å². The van der Waals surface area contributed by atoms with E-state index in [1.165, 1.54) is 0 Å². The molecule has 29 heavy (non-hydrogen) atoms. The lowest BCUT2D eigenvalue weighted by molar-refractivity contribution is 0.0755. The summed E-state index contributed by atoms with van der Waals surface area (Å²) in [5.74, 6) is 0.558. The smallest absolute Gasteiger partial charge is 0.271 e. The number of para-hydroxylation sites is 1. The Labute approximate surface area is 169 Å². The van der Waals surface area contributed by atoms with Crippen molar-refractivity contribution in [1.29, 1.82) is 0 Å². The van der Waals surface area contributed by atoms with E-state index in [0.29, 0.717) is 11.6 Å². The summed E-state index contributed by atoms with van der Waals surface area (Å²) in [5.41, 5.74) is 3.73. The van der Waals surface area contributed by atoms with Gasteiger partial charge in [-0.1, -0.05) is 18.2 Å². The zero-order valence-corrected chi connectivity index (χ0v) is 16.7. The van der Waals surface area contributed by atoms with E-state index in [4.69, 9.17) is 0 Å². The highest BCUT2D eigenvalue weighted by Crippen LogP contribution is 2.33. The van der Waals surface area contributed by atoms with Gasteiger partial charge in [0.25, 0.3) is 5.91 Å². The van der Waals surface area contributed by atoms with Gasteiger partial charge < -0.3 is 14.4 Å². The molecule has 4 heterocycles. The number of carbonyl (C=O) groups is 1. The summed E-state index contributed by atoms with van der Waals surface area (Å²) in [6.07, 6.45) is 4.41. The molecule has 1 aromatic carbocycles. The van der Waals surface area contributed by atoms with Crippen molar-refractivity contribution in [2.24, 2.45) is 7.05 Å². The quantitative estimate of drug-likeness (QED) is 0.530. The van der Waals surface area contributed by atoms with Crippen molar-refractivity contribution >= 4 is 27.8 Å². The standard InChI is InChI=1S/C22H24N6O/c1-25-11-6-12-27(14-13-25)21(29)19-15-18-20(28(19)22-23-9-5-10-24-22)16-7-3-4-8-17(16)26(18)2/h3-5,7-10,15H,6,11-14H2,1-2H3. The number of aromatic nitrogens is 4. The van der Waals surface area contributed by atoms with E-state index in [1.54, 1.807) is 18.5 Å². The summed E-state index contributed by atoms with van der Waals surface area (Å²) < 4.78 is 4.06. The molecule has 1 aliphatic rings. The van der Waals surface area contributed by atoms with E-state index in [0.717, 1.165) is 54.5 Å². The molecular weight excluding hydrogens is 364 g/mol. The second-order valence-corrected chi connectivity index (χ2v) is 7.67. The lowest BCUT2D eigenvalue weighted by Gasteiger charge is -2.21. The molecule has 1 amide bonds. The minimum Gasteiger partial charge on any atom is -0.342 e. The van der Waals surface area contributed by atoms with Gasteiger partial charge in [0.1, 0.15) is 5.69 Å². The van der Waals surface area contributed by atoms with Crippen molar-refractivity contribution in [3.05, 3.63) is 54.5 Å². The average molecular weight is 388 g/mol. The third-order valence-corrected chi connectivity index (χ3v) is 5.84.